The van der Waals surface area contributed by atoms with Crippen LogP contribution in [-0.4, -0.2) is 11.4 Å². The summed E-state index contributed by atoms with van der Waals surface area (Å²) >= 11 is 0. The predicted octanol–water partition coefficient (Wildman–Crippen LogP) is 2.50. The van der Waals surface area contributed by atoms with E-state index in [1.807, 2.05) is 26.8 Å². The fraction of sp³-hybridized carbons (Fsp3) is 0.462. The molecule has 0 saturated carbocycles. The second kappa shape index (κ2) is 4.56. The van der Waals surface area contributed by atoms with Crippen LogP contribution in [0.4, 0.5) is 5.69 Å². The molecule has 1 amide bonds. The standard InChI is InChI=1S/C13H20N2O/c1-5-13(3,4)15-12(16)11-7-6-10(14)8-9(11)2/h6-8H,5,14H2,1-4H3,(H,15,16). The minimum absolute atomic E-state index is 0.0376. The molecule has 0 spiro atoms. The molecule has 16 heavy (non-hydrogen) atoms. The molecule has 3 N–H and O–H groups in total. The Kier molecular flexibility index (Phi) is 3.58. The molecule has 1 aromatic carbocycles. The average molecular weight is 220 g/mol. The molecule has 0 aliphatic carbocycles. The molecule has 1 rings (SSSR count). The third-order valence-corrected chi connectivity index (χ3v) is 2.83. The van der Waals surface area contributed by atoms with Crippen LogP contribution in [0, 0.1) is 6.92 Å². The molecule has 0 saturated heterocycles. The van der Waals surface area contributed by atoms with Gasteiger partial charge in [-0.3, -0.25) is 4.79 Å². The number of nitrogen functional groups attached to an aromatic ring is 1. The Morgan fingerprint density at radius 1 is 1.44 bits per heavy atom. The van der Waals surface area contributed by atoms with E-state index in [-0.39, 0.29) is 11.4 Å². The summed E-state index contributed by atoms with van der Waals surface area (Å²) in [6.07, 6.45) is 0.896. The average Bonchev–Trinajstić information content (AvgIpc) is 2.16. The molecular formula is C13H20N2O. The number of nitrogens with two attached hydrogens (primary N) is 1. The number of rotatable bonds is 3. The molecule has 0 bridgehead atoms. The Bertz CT molecular complexity index is 397. The largest absolute Gasteiger partial charge is 0.399 e. The molecule has 0 fully saturated rings. The lowest BCUT2D eigenvalue weighted by atomic mass is 10.00. The van der Waals surface area contributed by atoms with Crippen molar-refractivity contribution in [1.82, 2.24) is 5.32 Å². The van der Waals surface area contributed by atoms with Crippen LogP contribution >= 0.6 is 0 Å². The van der Waals surface area contributed by atoms with E-state index in [1.165, 1.54) is 0 Å². The minimum atomic E-state index is -0.176. The number of anilines is 1. The van der Waals surface area contributed by atoms with Crippen molar-refractivity contribution in [3.63, 3.8) is 0 Å². The second-order valence-electron chi connectivity index (χ2n) is 4.77. The molecule has 0 aliphatic heterocycles. The summed E-state index contributed by atoms with van der Waals surface area (Å²) in [5.41, 5.74) is 7.76. The van der Waals surface area contributed by atoms with Crippen molar-refractivity contribution >= 4 is 11.6 Å². The van der Waals surface area contributed by atoms with E-state index in [4.69, 9.17) is 5.73 Å². The lowest BCUT2D eigenvalue weighted by Gasteiger charge is -2.24. The van der Waals surface area contributed by atoms with Crippen LogP contribution in [0.2, 0.25) is 0 Å². The maximum Gasteiger partial charge on any atom is 0.251 e. The van der Waals surface area contributed by atoms with Gasteiger partial charge in [-0.1, -0.05) is 6.92 Å². The SMILES string of the molecule is CCC(C)(C)NC(=O)c1ccc(N)cc1C. The molecule has 0 aliphatic rings. The van der Waals surface area contributed by atoms with Crippen molar-refractivity contribution in [3.8, 4) is 0 Å². The Labute approximate surface area is 97.0 Å². The van der Waals surface area contributed by atoms with E-state index in [0.717, 1.165) is 12.0 Å². The number of carbonyl (C=O) groups is 1. The van der Waals surface area contributed by atoms with Gasteiger partial charge in [-0.2, -0.15) is 0 Å². The highest BCUT2D eigenvalue weighted by Crippen LogP contribution is 2.14. The van der Waals surface area contributed by atoms with Gasteiger partial charge in [-0.15, -0.1) is 0 Å². The van der Waals surface area contributed by atoms with Gasteiger partial charge in [0.05, 0.1) is 0 Å². The Balaban J connectivity index is 2.89. The summed E-state index contributed by atoms with van der Waals surface area (Å²) < 4.78 is 0. The molecule has 0 atom stereocenters. The zero-order valence-electron chi connectivity index (χ0n) is 10.4. The van der Waals surface area contributed by atoms with E-state index in [0.29, 0.717) is 11.3 Å². The monoisotopic (exact) mass is 220 g/mol. The van der Waals surface area contributed by atoms with Crippen LogP contribution in [-0.2, 0) is 0 Å². The molecule has 0 heterocycles. The topological polar surface area (TPSA) is 55.1 Å². The molecule has 0 radical (unpaired) electrons. The fourth-order valence-corrected chi connectivity index (χ4v) is 1.40. The molecule has 1 aromatic rings. The van der Waals surface area contributed by atoms with Crippen LogP contribution in [0.1, 0.15) is 43.1 Å². The molecule has 3 heteroatoms. The van der Waals surface area contributed by atoms with Gasteiger partial charge in [0.25, 0.3) is 5.91 Å². The van der Waals surface area contributed by atoms with Gasteiger partial charge in [0, 0.05) is 16.8 Å². The van der Waals surface area contributed by atoms with Crippen molar-refractivity contribution < 1.29 is 4.79 Å². The van der Waals surface area contributed by atoms with Crippen LogP contribution < -0.4 is 11.1 Å². The van der Waals surface area contributed by atoms with Crippen LogP contribution in [0.25, 0.3) is 0 Å². The lowest BCUT2D eigenvalue weighted by molar-refractivity contribution is 0.0910. The van der Waals surface area contributed by atoms with Gasteiger partial charge in [0.1, 0.15) is 0 Å². The fourth-order valence-electron chi connectivity index (χ4n) is 1.40. The van der Waals surface area contributed by atoms with Crippen LogP contribution in [0.5, 0.6) is 0 Å². The molecule has 3 nitrogen and oxygen atoms in total. The van der Waals surface area contributed by atoms with E-state index in [9.17, 15) is 4.79 Å². The first kappa shape index (κ1) is 12.6. The number of hydrogen-bond acceptors (Lipinski definition) is 2. The normalized spacial score (nSPS) is 11.2. The van der Waals surface area contributed by atoms with Gasteiger partial charge in [-0.05, 0) is 51.0 Å². The minimum Gasteiger partial charge on any atom is -0.399 e. The predicted molar refractivity (Wildman–Crippen MR) is 67.4 cm³/mol. The third-order valence-electron chi connectivity index (χ3n) is 2.83. The van der Waals surface area contributed by atoms with E-state index in [1.54, 1.807) is 12.1 Å². The summed E-state index contributed by atoms with van der Waals surface area (Å²) in [4.78, 5) is 12.0. The number of nitrogens with one attached hydrogen (secondary N) is 1. The third kappa shape index (κ3) is 2.99. The zero-order valence-corrected chi connectivity index (χ0v) is 10.4. The summed E-state index contributed by atoms with van der Waals surface area (Å²) in [6, 6.07) is 5.33. The number of amides is 1. The maximum atomic E-state index is 12.0. The number of hydrogen-bond donors (Lipinski definition) is 2. The van der Waals surface area contributed by atoms with Gasteiger partial charge >= 0.3 is 0 Å². The van der Waals surface area contributed by atoms with E-state index < -0.39 is 0 Å². The Morgan fingerprint density at radius 3 is 2.56 bits per heavy atom. The summed E-state index contributed by atoms with van der Waals surface area (Å²) in [7, 11) is 0. The highest BCUT2D eigenvalue weighted by molar-refractivity contribution is 5.96. The van der Waals surface area contributed by atoms with Gasteiger partial charge in [-0.25, -0.2) is 0 Å². The maximum absolute atomic E-state index is 12.0. The number of carbonyl (C=O) groups excluding carboxylic acids is 1. The number of aryl methyl sites for hydroxylation is 1. The summed E-state index contributed by atoms with van der Waals surface area (Å²) in [6.45, 7) is 7.97. The molecule has 0 unspecified atom stereocenters. The van der Waals surface area contributed by atoms with Gasteiger partial charge in [0.2, 0.25) is 0 Å². The summed E-state index contributed by atoms with van der Waals surface area (Å²) in [5, 5.41) is 3.00. The highest BCUT2D eigenvalue weighted by Gasteiger charge is 2.19. The van der Waals surface area contributed by atoms with Crippen molar-refractivity contribution in [2.75, 3.05) is 5.73 Å². The Morgan fingerprint density at radius 2 is 2.06 bits per heavy atom. The van der Waals surface area contributed by atoms with Crippen LogP contribution in [0.3, 0.4) is 0 Å². The van der Waals surface area contributed by atoms with Crippen molar-refractivity contribution in [3.05, 3.63) is 29.3 Å². The Hall–Kier alpha value is -1.51. The van der Waals surface area contributed by atoms with Gasteiger partial charge < -0.3 is 11.1 Å². The second-order valence-corrected chi connectivity index (χ2v) is 4.77. The smallest absolute Gasteiger partial charge is 0.251 e. The quantitative estimate of drug-likeness (QED) is 0.769. The van der Waals surface area contributed by atoms with Crippen LogP contribution in [0.15, 0.2) is 18.2 Å². The van der Waals surface area contributed by atoms with Crippen molar-refractivity contribution in [1.29, 1.82) is 0 Å². The highest BCUT2D eigenvalue weighted by atomic mass is 16.1. The number of benzene rings is 1. The summed E-state index contributed by atoms with van der Waals surface area (Å²) in [5.74, 6) is -0.0376. The van der Waals surface area contributed by atoms with E-state index >= 15 is 0 Å². The molecule has 88 valence electrons. The zero-order chi connectivity index (χ0) is 12.3. The molecular weight excluding hydrogens is 200 g/mol. The van der Waals surface area contributed by atoms with Crippen molar-refractivity contribution in [2.24, 2.45) is 0 Å². The first-order chi connectivity index (χ1) is 7.35. The molecule has 0 aromatic heterocycles. The van der Waals surface area contributed by atoms with Crippen molar-refractivity contribution in [2.45, 2.75) is 39.7 Å². The van der Waals surface area contributed by atoms with E-state index in [2.05, 4.69) is 12.2 Å². The first-order valence-electron chi connectivity index (χ1n) is 5.54. The lowest BCUT2D eigenvalue weighted by Crippen LogP contribution is -2.43. The van der Waals surface area contributed by atoms with Gasteiger partial charge in [0.15, 0.2) is 0 Å². The first-order valence-corrected chi connectivity index (χ1v) is 5.54.